The van der Waals surface area contributed by atoms with E-state index in [1.54, 1.807) is 12.1 Å². The summed E-state index contributed by atoms with van der Waals surface area (Å²) in [5, 5.41) is 0. The minimum atomic E-state index is -0.296. The fraction of sp³-hybridized carbons (Fsp3) is 0.231. The number of rotatable bonds is 4. The molecule has 0 aliphatic carbocycles. The molecule has 0 fully saturated rings. The third-order valence-corrected chi connectivity index (χ3v) is 5.73. The molecule has 0 saturated heterocycles. The van der Waals surface area contributed by atoms with Crippen molar-refractivity contribution in [2.24, 2.45) is 0 Å². The largest absolute Gasteiger partial charge is 0.469 e. The molecule has 0 N–H and O–H groups in total. The molecule has 2 heterocycles. The second kappa shape index (κ2) is 5.98. The molecule has 6 heteroatoms. The summed E-state index contributed by atoms with van der Waals surface area (Å²) < 4.78 is 5.58. The van der Waals surface area contributed by atoms with Crippen LogP contribution in [0.1, 0.15) is 25.0 Å². The van der Waals surface area contributed by atoms with Crippen molar-refractivity contribution in [1.29, 1.82) is 0 Å². The molecular weight excluding hydrogens is 348 g/mol. The number of hydrogen-bond donors (Lipinski definition) is 0. The standard InChI is InChI=1S/C13H11BrO3S2/c1-7-5-10(19-13(7)14)12(16)9-4-3-8(18-9)6-11(15)17-2/h3-5H,6H2,1-2H3. The van der Waals surface area contributed by atoms with E-state index in [9.17, 15) is 9.59 Å². The smallest absolute Gasteiger partial charge is 0.310 e. The highest BCUT2D eigenvalue weighted by atomic mass is 79.9. The Labute approximate surface area is 127 Å². The predicted octanol–water partition coefficient (Wildman–Crippen LogP) is 3.83. The van der Waals surface area contributed by atoms with Gasteiger partial charge in [0.25, 0.3) is 0 Å². The fourth-order valence-corrected chi connectivity index (χ4v) is 4.00. The first-order valence-electron chi connectivity index (χ1n) is 5.47. The van der Waals surface area contributed by atoms with Crippen LogP contribution in [0.5, 0.6) is 0 Å². The van der Waals surface area contributed by atoms with Gasteiger partial charge in [-0.25, -0.2) is 0 Å². The SMILES string of the molecule is COC(=O)Cc1ccc(C(=O)c2cc(C)c(Br)s2)s1. The van der Waals surface area contributed by atoms with Crippen LogP contribution in [0, 0.1) is 6.92 Å². The first kappa shape index (κ1) is 14.4. The molecule has 100 valence electrons. The summed E-state index contributed by atoms with van der Waals surface area (Å²) in [6.45, 7) is 1.95. The lowest BCUT2D eigenvalue weighted by Crippen LogP contribution is -2.02. The molecule has 0 aliphatic heterocycles. The van der Waals surface area contributed by atoms with Crippen LogP contribution in [0.4, 0.5) is 0 Å². The second-order valence-corrected chi connectivity index (χ2v) is 7.45. The van der Waals surface area contributed by atoms with Crippen LogP contribution in [-0.2, 0) is 16.0 Å². The molecule has 0 spiro atoms. The van der Waals surface area contributed by atoms with E-state index in [-0.39, 0.29) is 18.2 Å². The molecule has 0 saturated carbocycles. The average molecular weight is 359 g/mol. The van der Waals surface area contributed by atoms with E-state index in [1.807, 2.05) is 13.0 Å². The lowest BCUT2D eigenvalue weighted by atomic mass is 10.2. The summed E-state index contributed by atoms with van der Waals surface area (Å²) in [4.78, 5) is 25.6. The second-order valence-electron chi connectivity index (χ2n) is 3.92. The molecule has 0 atom stereocenters. The van der Waals surface area contributed by atoms with E-state index < -0.39 is 0 Å². The molecule has 0 amide bonds. The fourth-order valence-electron chi connectivity index (χ4n) is 1.50. The third kappa shape index (κ3) is 3.32. The molecule has 0 aromatic carbocycles. The van der Waals surface area contributed by atoms with E-state index in [0.717, 1.165) is 14.2 Å². The van der Waals surface area contributed by atoms with Gasteiger partial charge >= 0.3 is 5.97 Å². The number of ketones is 1. The van der Waals surface area contributed by atoms with Crippen molar-refractivity contribution in [3.8, 4) is 0 Å². The zero-order chi connectivity index (χ0) is 14.0. The summed E-state index contributed by atoms with van der Waals surface area (Å²) in [6, 6.07) is 5.43. The van der Waals surface area contributed by atoms with Crippen molar-refractivity contribution in [3.63, 3.8) is 0 Å². The molecular formula is C13H11BrO3S2. The van der Waals surface area contributed by atoms with Crippen LogP contribution < -0.4 is 0 Å². The van der Waals surface area contributed by atoms with E-state index in [1.165, 1.54) is 29.8 Å². The van der Waals surface area contributed by atoms with Crippen LogP contribution in [-0.4, -0.2) is 18.9 Å². The van der Waals surface area contributed by atoms with Crippen molar-refractivity contribution in [1.82, 2.24) is 0 Å². The number of carbonyl (C=O) groups is 2. The molecule has 0 radical (unpaired) electrons. The average Bonchev–Trinajstić information content (AvgIpc) is 2.96. The van der Waals surface area contributed by atoms with Crippen LogP contribution in [0.3, 0.4) is 0 Å². The van der Waals surface area contributed by atoms with Crippen molar-refractivity contribution in [2.75, 3.05) is 7.11 Å². The number of aryl methyl sites for hydroxylation is 1. The number of hydrogen-bond acceptors (Lipinski definition) is 5. The van der Waals surface area contributed by atoms with E-state index >= 15 is 0 Å². The van der Waals surface area contributed by atoms with E-state index in [2.05, 4.69) is 20.7 Å². The summed E-state index contributed by atoms with van der Waals surface area (Å²) in [5.41, 5.74) is 1.06. The van der Waals surface area contributed by atoms with Gasteiger partial charge in [-0.1, -0.05) is 0 Å². The van der Waals surface area contributed by atoms with E-state index in [0.29, 0.717) is 9.75 Å². The molecule has 0 bridgehead atoms. The number of thiophene rings is 2. The number of halogens is 1. The van der Waals surface area contributed by atoms with E-state index in [4.69, 9.17) is 0 Å². The van der Waals surface area contributed by atoms with Gasteiger partial charge in [0.15, 0.2) is 0 Å². The van der Waals surface area contributed by atoms with Gasteiger partial charge in [0.2, 0.25) is 5.78 Å². The Balaban J connectivity index is 2.18. The molecule has 19 heavy (non-hydrogen) atoms. The highest BCUT2D eigenvalue weighted by molar-refractivity contribution is 9.11. The summed E-state index contributed by atoms with van der Waals surface area (Å²) in [5.74, 6) is -0.296. The third-order valence-electron chi connectivity index (χ3n) is 2.51. The zero-order valence-electron chi connectivity index (χ0n) is 10.4. The Kier molecular flexibility index (Phi) is 4.54. The van der Waals surface area contributed by atoms with Gasteiger partial charge in [-0.05, 0) is 46.6 Å². The van der Waals surface area contributed by atoms with Crippen LogP contribution >= 0.6 is 38.6 Å². The molecule has 2 rings (SSSR count). The van der Waals surface area contributed by atoms with Crippen molar-refractivity contribution in [2.45, 2.75) is 13.3 Å². The van der Waals surface area contributed by atoms with Crippen LogP contribution in [0.15, 0.2) is 22.0 Å². The molecule has 0 aliphatic rings. The molecule has 3 nitrogen and oxygen atoms in total. The summed E-state index contributed by atoms with van der Waals surface area (Å²) >= 11 is 6.18. The molecule has 0 unspecified atom stereocenters. The lowest BCUT2D eigenvalue weighted by molar-refractivity contribution is -0.139. The Morgan fingerprint density at radius 2 is 2.00 bits per heavy atom. The number of carbonyl (C=O) groups excluding carboxylic acids is 2. The number of ether oxygens (including phenoxy) is 1. The topological polar surface area (TPSA) is 43.4 Å². The Bertz CT molecular complexity index is 608. The summed E-state index contributed by atoms with van der Waals surface area (Å²) in [6.07, 6.45) is 0.210. The van der Waals surface area contributed by atoms with Gasteiger partial charge in [-0.2, -0.15) is 0 Å². The van der Waals surface area contributed by atoms with Crippen molar-refractivity contribution >= 4 is 50.4 Å². The highest BCUT2D eigenvalue weighted by Crippen LogP contribution is 2.30. The van der Waals surface area contributed by atoms with Gasteiger partial charge < -0.3 is 4.74 Å². The maximum absolute atomic E-state index is 12.3. The molecule has 2 aromatic rings. The molecule has 2 aromatic heterocycles. The maximum atomic E-state index is 12.3. The zero-order valence-corrected chi connectivity index (χ0v) is 13.6. The minimum absolute atomic E-state index is 0.0000779. The Morgan fingerprint density at radius 1 is 1.26 bits per heavy atom. The maximum Gasteiger partial charge on any atom is 0.310 e. The van der Waals surface area contributed by atoms with Crippen molar-refractivity contribution in [3.05, 3.63) is 42.2 Å². The van der Waals surface area contributed by atoms with Crippen molar-refractivity contribution < 1.29 is 14.3 Å². The first-order chi connectivity index (χ1) is 9.01. The van der Waals surface area contributed by atoms with Gasteiger partial charge in [-0.15, -0.1) is 22.7 Å². The monoisotopic (exact) mass is 358 g/mol. The first-order valence-corrected chi connectivity index (χ1v) is 7.90. The normalized spacial score (nSPS) is 10.5. The Morgan fingerprint density at radius 3 is 2.58 bits per heavy atom. The van der Waals surface area contributed by atoms with Gasteiger partial charge in [0.05, 0.1) is 27.1 Å². The summed E-state index contributed by atoms with van der Waals surface area (Å²) in [7, 11) is 1.36. The van der Waals surface area contributed by atoms with Crippen LogP contribution in [0.2, 0.25) is 0 Å². The van der Waals surface area contributed by atoms with Crippen LogP contribution in [0.25, 0.3) is 0 Å². The lowest BCUT2D eigenvalue weighted by Gasteiger charge is -1.95. The minimum Gasteiger partial charge on any atom is -0.469 e. The highest BCUT2D eigenvalue weighted by Gasteiger charge is 2.16. The quantitative estimate of drug-likeness (QED) is 0.616. The van der Waals surface area contributed by atoms with Gasteiger partial charge in [0, 0.05) is 4.88 Å². The Hall–Kier alpha value is -0.980. The predicted molar refractivity (Wildman–Crippen MR) is 80.2 cm³/mol. The van der Waals surface area contributed by atoms with Gasteiger partial charge in [-0.3, -0.25) is 9.59 Å². The number of methoxy groups -OCH3 is 1. The van der Waals surface area contributed by atoms with Gasteiger partial charge in [0.1, 0.15) is 0 Å². The number of esters is 1.